The van der Waals surface area contributed by atoms with Crippen molar-refractivity contribution in [3.05, 3.63) is 0 Å². The lowest BCUT2D eigenvalue weighted by Crippen LogP contribution is -2.54. The maximum absolute atomic E-state index is 13.7. The summed E-state index contributed by atoms with van der Waals surface area (Å²) < 4.78 is 177. The molecule has 0 aliphatic heterocycles. The van der Waals surface area contributed by atoms with Gasteiger partial charge in [0.25, 0.3) is 11.3 Å². The molecule has 176 valence electrons. The summed E-state index contributed by atoms with van der Waals surface area (Å²) in [7, 11) is 0. The van der Waals surface area contributed by atoms with Crippen molar-refractivity contribution in [1.82, 2.24) is 0 Å². The number of unbranched alkanes of at least 4 members (excludes halogenated alkanes) is 1. The lowest BCUT2D eigenvalue weighted by atomic mass is 9.84. The molecule has 29 heavy (non-hydrogen) atoms. The summed E-state index contributed by atoms with van der Waals surface area (Å²) in [6, 6.07) is 0. The van der Waals surface area contributed by atoms with E-state index >= 15 is 0 Å². The first kappa shape index (κ1) is 28.0. The van der Waals surface area contributed by atoms with Crippen molar-refractivity contribution in [3.8, 4) is 0 Å². The Kier molecular flexibility index (Phi) is 8.68. The van der Waals surface area contributed by atoms with Crippen LogP contribution in [0.3, 0.4) is 0 Å². The molecule has 0 rings (SSSR count). The molecular formula is C14H17F14N. The Bertz CT molecular complexity index is 472. The van der Waals surface area contributed by atoms with E-state index in [0.717, 1.165) is 0 Å². The molecule has 0 amide bonds. The van der Waals surface area contributed by atoms with Gasteiger partial charge in [-0.1, -0.05) is 12.8 Å². The Morgan fingerprint density at radius 3 is 1.21 bits per heavy atom. The lowest BCUT2D eigenvalue weighted by molar-refractivity contribution is -0.346. The second-order valence-corrected chi connectivity index (χ2v) is 6.49. The average Bonchev–Trinajstić information content (AvgIpc) is 2.46. The summed E-state index contributed by atoms with van der Waals surface area (Å²) in [6.07, 6.45) is -33.1. The summed E-state index contributed by atoms with van der Waals surface area (Å²) >= 11 is 0. The van der Waals surface area contributed by atoms with Crippen LogP contribution in [0.5, 0.6) is 0 Å². The van der Waals surface area contributed by atoms with Crippen molar-refractivity contribution < 1.29 is 61.5 Å². The second kappa shape index (κ2) is 9.00. The van der Waals surface area contributed by atoms with Crippen LogP contribution in [0.15, 0.2) is 0 Å². The first-order chi connectivity index (χ1) is 12.6. The predicted molar refractivity (Wildman–Crippen MR) is 72.1 cm³/mol. The summed E-state index contributed by atoms with van der Waals surface area (Å²) in [5, 5.41) is 0. The van der Waals surface area contributed by atoms with Crippen molar-refractivity contribution in [2.24, 2.45) is 11.7 Å². The molecule has 0 aromatic carbocycles. The fourth-order valence-electron chi connectivity index (χ4n) is 2.62. The Morgan fingerprint density at radius 1 is 0.517 bits per heavy atom. The fraction of sp³-hybridized carbons (Fsp3) is 1.00. The minimum Gasteiger partial charge on any atom is -0.330 e. The highest BCUT2D eigenvalue weighted by Gasteiger charge is 2.73. The maximum atomic E-state index is 13.7. The Balaban J connectivity index is 5.22. The maximum Gasteiger partial charge on any atom is 0.431 e. The molecule has 0 heterocycles. The molecule has 0 fully saturated rings. The molecule has 0 spiro atoms. The third-order valence-electron chi connectivity index (χ3n) is 4.33. The van der Waals surface area contributed by atoms with E-state index in [2.05, 4.69) is 0 Å². The standard InChI is InChI=1S/C14H17F14N/c15-9(11(17,18)19,12(20,21)22)5-2-1-3-8(4-6-29)7-10(16,13(23,24)25)14(26,27)28/h8H,1-7,29H2. The van der Waals surface area contributed by atoms with Crippen LogP contribution in [0.2, 0.25) is 0 Å². The van der Waals surface area contributed by atoms with Gasteiger partial charge in [-0.2, -0.15) is 52.7 Å². The van der Waals surface area contributed by atoms with Gasteiger partial charge in [0.15, 0.2) is 0 Å². The molecule has 1 atom stereocenters. The van der Waals surface area contributed by atoms with Crippen molar-refractivity contribution >= 4 is 0 Å². The predicted octanol–water partition coefficient (Wildman–Crippen LogP) is 6.57. The van der Waals surface area contributed by atoms with Crippen molar-refractivity contribution in [2.75, 3.05) is 6.54 Å². The second-order valence-electron chi connectivity index (χ2n) is 6.49. The monoisotopic (exact) mass is 465 g/mol. The molecule has 0 saturated heterocycles. The zero-order chi connectivity index (χ0) is 23.5. The number of alkyl halides is 14. The first-order valence-electron chi connectivity index (χ1n) is 7.99. The van der Waals surface area contributed by atoms with E-state index in [0.29, 0.717) is 0 Å². The summed E-state index contributed by atoms with van der Waals surface area (Å²) in [4.78, 5) is 0. The Labute approximate surface area is 155 Å². The van der Waals surface area contributed by atoms with Gasteiger partial charge in [0.2, 0.25) is 0 Å². The van der Waals surface area contributed by atoms with Crippen LogP contribution in [0, 0.1) is 5.92 Å². The van der Waals surface area contributed by atoms with E-state index in [1.165, 1.54) is 0 Å². The summed E-state index contributed by atoms with van der Waals surface area (Å²) in [5.41, 5.74) is -6.22. The van der Waals surface area contributed by atoms with Crippen LogP contribution in [-0.2, 0) is 0 Å². The number of halogens is 14. The first-order valence-corrected chi connectivity index (χ1v) is 7.99. The lowest BCUT2D eigenvalue weighted by Gasteiger charge is -2.33. The van der Waals surface area contributed by atoms with Crippen LogP contribution in [0.1, 0.15) is 38.5 Å². The Hall–Kier alpha value is -1.02. The highest BCUT2D eigenvalue weighted by atomic mass is 19.4. The molecule has 0 aliphatic carbocycles. The quantitative estimate of drug-likeness (QED) is 0.303. The zero-order valence-electron chi connectivity index (χ0n) is 14.4. The molecule has 0 aromatic heterocycles. The molecular weight excluding hydrogens is 448 g/mol. The average molecular weight is 465 g/mol. The van der Waals surface area contributed by atoms with Gasteiger partial charge in [-0.25, -0.2) is 8.78 Å². The van der Waals surface area contributed by atoms with Gasteiger partial charge < -0.3 is 5.73 Å². The number of rotatable bonds is 9. The highest BCUT2D eigenvalue weighted by Crippen LogP contribution is 2.51. The number of nitrogens with two attached hydrogens (primary N) is 1. The van der Waals surface area contributed by atoms with Gasteiger partial charge in [0.1, 0.15) is 0 Å². The molecule has 0 saturated carbocycles. The van der Waals surface area contributed by atoms with Gasteiger partial charge in [-0.15, -0.1) is 0 Å². The number of hydrogen-bond acceptors (Lipinski definition) is 1. The van der Waals surface area contributed by atoms with Crippen molar-refractivity contribution in [1.29, 1.82) is 0 Å². The van der Waals surface area contributed by atoms with E-state index in [9.17, 15) is 61.5 Å². The van der Waals surface area contributed by atoms with E-state index in [-0.39, 0.29) is 0 Å². The van der Waals surface area contributed by atoms with Gasteiger partial charge in [-0.3, -0.25) is 0 Å². The summed E-state index contributed by atoms with van der Waals surface area (Å²) in [5.74, 6) is -1.76. The summed E-state index contributed by atoms with van der Waals surface area (Å²) in [6.45, 7) is -0.519. The van der Waals surface area contributed by atoms with Crippen molar-refractivity contribution in [3.63, 3.8) is 0 Å². The minimum absolute atomic E-state index is 0.519. The van der Waals surface area contributed by atoms with Crippen LogP contribution in [0.25, 0.3) is 0 Å². The minimum atomic E-state index is -6.36. The smallest absolute Gasteiger partial charge is 0.330 e. The van der Waals surface area contributed by atoms with Crippen LogP contribution in [0.4, 0.5) is 61.5 Å². The third-order valence-corrected chi connectivity index (χ3v) is 4.33. The van der Waals surface area contributed by atoms with Crippen LogP contribution < -0.4 is 5.73 Å². The SMILES string of the molecule is NCCC(CCCCC(F)(C(F)(F)F)C(F)(F)F)CC(F)(C(F)(F)F)C(F)(F)F. The molecule has 1 unspecified atom stereocenters. The van der Waals surface area contributed by atoms with Crippen molar-refractivity contribution in [2.45, 2.75) is 74.6 Å². The van der Waals surface area contributed by atoms with E-state index in [1.54, 1.807) is 0 Å². The molecule has 15 heteroatoms. The molecule has 0 bridgehead atoms. The largest absolute Gasteiger partial charge is 0.431 e. The molecule has 2 N–H and O–H groups in total. The fourth-order valence-corrected chi connectivity index (χ4v) is 2.62. The normalized spacial score (nSPS) is 16.2. The van der Waals surface area contributed by atoms with Crippen LogP contribution in [-0.4, -0.2) is 42.6 Å². The zero-order valence-corrected chi connectivity index (χ0v) is 14.4. The highest BCUT2D eigenvalue weighted by molar-refractivity contribution is 4.97. The van der Waals surface area contributed by atoms with Gasteiger partial charge in [0, 0.05) is 6.42 Å². The van der Waals surface area contributed by atoms with E-state index in [4.69, 9.17) is 5.73 Å². The van der Waals surface area contributed by atoms with Crippen LogP contribution >= 0.6 is 0 Å². The van der Waals surface area contributed by atoms with Gasteiger partial charge in [-0.05, 0) is 31.7 Å². The third kappa shape index (κ3) is 6.48. The molecule has 0 aliphatic rings. The molecule has 1 nitrogen and oxygen atoms in total. The van der Waals surface area contributed by atoms with Gasteiger partial charge >= 0.3 is 24.7 Å². The van der Waals surface area contributed by atoms with E-state index < -0.39 is 87.0 Å². The topological polar surface area (TPSA) is 26.0 Å². The molecule has 0 aromatic rings. The Morgan fingerprint density at radius 2 is 0.897 bits per heavy atom. The molecule has 0 radical (unpaired) electrons. The van der Waals surface area contributed by atoms with E-state index in [1.807, 2.05) is 0 Å². The van der Waals surface area contributed by atoms with Gasteiger partial charge in [0.05, 0.1) is 0 Å². The number of hydrogen-bond donors (Lipinski definition) is 1.